The van der Waals surface area contributed by atoms with E-state index in [1.54, 1.807) is 6.26 Å². The van der Waals surface area contributed by atoms with E-state index < -0.39 is 20.5 Å². The first-order valence-electron chi connectivity index (χ1n) is 9.54. The number of hydrogen-bond acceptors (Lipinski definition) is 7. The van der Waals surface area contributed by atoms with Gasteiger partial charge in [0.05, 0.1) is 13.2 Å². The third kappa shape index (κ3) is 8.37. The molecular weight excluding hydrogens is 408 g/mol. The van der Waals surface area contributed by atoms with Crippen molar-refractivity contribution in [2.75, 3.05) is 19.5 Å². The van der Waals surface area contributed by atoms with Crippen molar-refractivity contribution in [2.24, 2.45) is 0 Å². The van der Waals surface area contributed by atoms with Crippen LogP contribution in [0.25, 0.3) is 0 Å². The summed E-state index contributed by atoms with van der Waals surface area (Å²) in [7, 11) is -1.79. The van der Waals surface area contributed by atoms with Gasteiger partial charge in [-0.1, -0.05) is 47.5 Å². The van der Waals surface area contributed by atoms with Crippen molar-refractivity contribution in [3.05, 3.63) is 60.2 Å². The molecule has 0 bridgehead atoms. The molecule has 2 rings (SSSR count). The van der Waals surface area contributed by atoms with Crippen LogP contribution < -0.4 is 9.47 Å². The van der Waals surface area contributed by atoms with Gasteiger partial charge in [-0.3, -0.25) is 0 Å². The van der Waals surface area contributed by atoms with Crippen LogP contribution in [-0.4, -0.2) is 33.9 Å². The Morgan fingerprint density at radius 2 is 1.59 bits per heavy atom. The SMILES string of the molecule is CCOc1ccccc1O[C@@H](c1ccccc1)[C@@H](CO[Si](C)(C)C)OOOSC. The standard InChI is InChI=1S/C21H30O6SSi/c1-6-22-18-14-10-11-15-19(18)24-21(17-12-8-7-9-13-17)20(25-26-27-28-2)16-23-29(3,4)5/h7-15,20-21H,6,16H2,1-5H3/t20-,21+/m1/s1. The van der Waals surface area contributed by atoms with E-state index >= 15 is 0 Å². The second-order valence-corrected chi connectivity index (χ2v) is 12.2. The summed E-state index contributed by atoms with van der Waals surface area (Å²) in [6.07, 6.45) is 0.672. The summed E-state index contributed by atoms with van der Waals surface area (Å²) >= 11 is 1.05. The van der Waals surface area contributed by atoms with E-state index in [1.807, 2.05) is 61.5 Å². The summed E-state index contributed by atoms with van der Waals surface area (Å²) < 4.78 is 23.1. The number of benzene rings is 2. The van der Waals surface area contributed by atoms with Crippen LogP contribution >= 0.6 is 12.0 Å². The van der Waals surface area contributed by atoms with Crippen molar-refractivity contribution in [2.45, 2.75) is 38.8 Å². The Hall–Kier alpha value is -1.55. The first-order valence-corrected chi connectivity index (χ1v) is 14.1. The molecule has 0 unspecified atom stereocenters. The maximum Gasteiger partial charge on any atom is 0.183 e. The Morgan fingerprint density at radius 1 is 0.931 bits per heavy atom. The van der Waals surface area contributed by atoms with Crippen LogP contribution in [0.5, 0.6) is 11.5 Å². The highest BCUT2D eigenvalue weighted by Gasteiger charge is 2.31. The zero-order valence-corrected chi connectivity index (χ0v) is 19.4. The Bertz CT molecular complexity index is 710. The lowest BCUT2D eigenvalue weighted by Gasteiger charge is -2.29. The molecule has 29 heavy (non-hydrogen) atoms. The van der Waals surface area contributed by atoms with Gasteiger partial charge < -0.3 is 13.9 Å². The summed E-state index contributed by atoms with van der Waals surface area (Å²) in [6, 6.07) is 17.4. The van der Waals surface area contributed by atoms with Crippen LogP contribution in [0.3, 0.4) is 0 Å². The molecule has 0 amide bonds. The number of para-hydroxylation sites is 2. The van der Waals surface area contributed by atoms with Gasteiger partial charge in [0.25, 0.3) is 0 Å². The smallest absolute Gasteiger partial charge is 0.183 e. The quantitative estimate of drug-likeness (QED) is 0.133. The number of rotatable bonds is 13. The minimum atomic E-state index is -1.79. The molecule has 160 valence electrons. The van der Waals surface area contributed by atoms with Gasteiger partial charge in [-0.25, -0.2) is 0 Å². The Kier molecular flexibility index (Phi) is 9.99. The third-order valence-electron chi connectivity index (χ3n) is 3.81. The molecule has 0 fully saturated rings. The second-order valence-electron chi connectivity index (χ2n) is 7.19. The molecule has 0 spiro atoms. The largest absolute Gasteiger partial charge is 0.490 e. The Morgan fingerprint density at radius 3 is 2.21 bits per heavy atom. The van der Waals surface area contributed by atoms with Crippen molar-refractivity contribution < 1.29 is 28.2 Å². The summed E-state index contributed by atoms with van der Waals surface area (Å²) in [4.78, 5) is 5.55. The first kappa shape index (κ1) is 23.7. The van der Waals surface area contributed by atoms with E-state index in [0.717, 1.165) is 17.6 Å². The highest BCUT2D eigenvalue weighted by atomic mass is 32.2. The molecule has 6 nitrogen and oxygen atoms in total. The zero-order chi connectivity index (χ0) is 21.1. The van der Waals surface area contributed by atoms with Gasteiger partial charge in [-0.05, 0) is 44.3 Å². The van der Waals surface area contributed by atoms with Gasteiger partial charge in [-0.15, -0.1) is 4.33 Å². The number of ether oxygens (including phenoxy) is 2. The van der Waals surface area contributed by atoms with Crippen LogP contribution in [0.2, 0.25) is 19.6 Å². The topological polar surface area (TPSA) is 55.4 Å². The normalized spacial score (nSPS) is 13.7. The first-order chi connectivity index (χ1) is 13.9. The van der Waals surface area contributed by atoms with Crippen LogP contribution in [0.15, 0.2) is 54.6 Å². The van der Waals surface area contributed by atoms with E-state index in [2.05, 4.69) is 19.6 Å². The average molecular weight is 439 g/mol. The van der Waals surface area contributed by atoms with Crippen LogP contribution in [0, 0.1) is 0 Å². The van der Waals surface area contributed by atoms with E-state index in [0.29, 0.717) is 24.7 Å². The monoisotopic (exact) mass is 438 g/mol. The average Bonchev–Trinajstić information content (AvgIpc) is 2.70. The molecular formula is C21H30O6SSi. The minimum Gasteiger partial charge on any atom is -0.490 e. The van der Waals surface area contributed by atoms with E-state index in [-0.39, 0.29) is 0 Å². The predicted molar refractivity (Wildman–Crippen MR) is 117 cm³/mol. The van der Waals surface area contributed by atoms with Gasteiger partial charge in [-0.2, -0.15) is 4.89 Å². The molecule has 0 radical (unpaired) electrons. The summed E-state index contributed by atoms with van der Waals surface area (Å²) in [5, 5.41) is 4.92. The van der Waals surface area contributed by atoms with Crippen molar-refractivity contribution in [1.29, 1.82) is 0 Å². The summed E-state index contributed by atoms with van der Waals surface area (Å²) in [6.45, 7) is 9.13. The van der Waals surface area contributed by atoms with Gasteiger partial charge in [0.1, 0.15) is 0 Å². The fraction of sp³-hybridized carbons (Fsp3) is 0.429. The molecule has 0 saturated carbocycles. The van der Waals surface area contributed by atoms with Gasteiger partial charge >= 0.3 is 0 Å². The minimum absolute atomic E-state index is 0.295. The van der Waals surface area contributed by atoms with E-state index in [1.165, 1.54) is 0 Å². The molecule has 8 heteroatoms. The van der Waals surface area contributed by atoms with Gasteiger partial charge in [0.15, 0.2) is 32.0 Å². The fourth-order valence-electron chi connectivity index (χ4n) is 2.55. The molecule has 2 atom stereocenters. The van der Waals surface area contributed by atoms with Crippen molar-refractivity contribution >= 4 is 20.4 Å². The molecule has 2 aromatic rings. The second kappa shape index (κ2) is 12.2. The fourth-order valence-corrected chi connectivity index (χ4v) is 3.30. The molecule has 0 aliphatic carbocycles. The maximum absolute atomic E-state index is 6.39. The lowest BCUT2D eigenvalue weighted by molar-refractivity contribution is -0.484. The van der Waals surface area contributed by atoms with Crippen molar-refractivity contribution in [1.82, 2.24) is 0 Å². The van der Waals surface area contributed by atoms with E-state index in [4.69, 9.17) is 28.2 Å². The molecule has 0 aromatic heterocycles. The molecule has 0 N–H and O–H groups in total. The lowest BCUT2D eigenvalue weighted by atomic mass is 10.0. The molecule has 0 heterocycles. The predicted octanol–water partition coefficient (Wildman–Crippen LogP) is 5.58. The summed E-state index contributed by atoms with van der Waals surface area (Å²) in [5.74, 6) is 1.29. The third-order valence-corrected chi connectivity index (χ3v) is 5.03. The van der Waals surface area contributed by atoms with Crippen molar-refractivity contribution in [3.63, 3.8) is 0 Å². The molecule has 0 aliphatic rings. The highest BCUT2D eigenvalue weighted by molar-refractivity contribution is 7.93. The van der Waals surface area contributed by atoms with E-state index in [9.17, 15) is 0 Å². The van der Waals surface area contributed by atoms with Crippen LogP contribution in [0.4, 0.5) is 0 Å². The van der Waals surface area contributed by atoms with Crippen molar-refractivity contribution in [3.8, 4) is 11.5 Å². The Balaban J connectivity index is 2.32. The lowest BCUT2D eigenvalue weighted by Crippen LogP contribution is -2.36. The van der Waals surface area contributed by atoms with Crippen LogP contribution in [0.1, 0.15) is 18.6 Å². The maximum atomic E-state index is 6.39. The highest BCUT2D eigenvalue weighted by Crippen LogP contribution is 2.34. The zero-order valence-electron chi connectivity index (χ0n) is 17.6. The Labute approximate surface area is 178 Å². The molecule has 2 aromatic carbocycles. The molecule has 0 aliphatic heterocycles. The number of hydrogen-bond donors (Lipinski definition) is 0. The van der Waals surface area contributed by atoms with Gasteiger partial charge in [0, 0.05) is 18.3 Å². The van der Waals surface area contributed by atoms with Gasteiger partial charge in [0.2, 0.25) is 0 Å². The summed E-state index contributed by atoms with van der Waals surface area (Å²) in [5.41, 5.74) is 0.927. The molecule has 0 saturated heterocycles. The van der Waals surface area contributed by atoms with Crippen LogP contribution in [-0.2, 0) is 18.7 Å².